The molecule has 0 saturated carbocycles. The zero-order valence-corrected chi connectivity index (χ0v) is 19.9. The van der Waals surface area contributed by atoms with Crippen molar-refractivity contribution in [1.82, 2.24) is 4.72 Å². The number of ether oxygens (including phenoxy) is 1. The third kappa shape index (κ3) is 5.66. The minimum absolute atomic E-state index is 0.0918. The summed E-state index contributed by atoms with van der Waals surface area (Å²) in [6, 6.07) is 16.0. The van der Waals surface area contributed by atoms with E-state index in [0.29, 0.717) is 23.3 Å². The van der Waals surface area contributed by atoms with Crippen LogP contribution in [0.2, 0.25) is 0 Å². The average Bonchev–Trinajstić information content (AvgIpc) is 2.81. The van der Waals surface area contributed by atoms with E-state index in [1.807, 2.05) is 19.9 Å². The Morgan fingerprint density at radius 2 is 1.83 bits per heavy atom. The number of fused-ring (bicyclic) bond motifs is 1. The van der Waals surface area contributed by atoms with Gasteiger partial charge in [0.1, 0.15) is 11.4 Å². The second kappa shape index (κ2) is 9.02. The molecule has 3 aromatic carbocycles. The van der Waals surface area contributed by atoms with Gasteiger partial charge in [-0.3, -0.25) is 0 Å². The molecule has 1 aliphatic heterocycles. The van der Waals surface area contributed by atoms with Crippen LogP contribution in [0.15, 0.2) is 65.6 Å². The summed E-state index contributed by atoms with van der Waals surface area (Å²) >= 11 is 0. The summed E-state index contributed by atoms with van der Waals surface area (Å²) in [5.74, 6) is 0.660. The first-order valence-corrected chi connectivity index (χ1v) is 12.4. The Labute approximate surface area is 202 Å². The van der Waals surface area contributed by atoms with Crippen molar-refractivity contribution in [1.29, 1.82) is 5.26 Å². The lowest BCUT2D eigenvalue weighted by molar-refractivity contribution is -0.137. The van der Waals surface area contributed by atoms with Gasteiger partial charge >= 0.3 is 6.18 Å². The lowest BCUT2D eigenvalue weighted by Gasteiger charge is -2.32. The molecule has 0 atom stereocenters. The third-order valence-corrected chi connectivity index (χ3v) is 7.24. The van der Waals surface area contributed by atoms with E-state index in [0.717, 1.165) is 24.1 Å². The van der Waals surface area contributed by atoms with E-state index >= 15 is 0 Å². The molecule has 0 fully saturated rings. The van der Waals surface area contributed by atoms with Gasteiger partial charge in [0.25, 0.3) is 0 Å². The Bertz CT molecular complexity index is 1420. The predicted molar refractivity (Wildman–Crippen MR) is 125 cm³/mol. The second-order valence-electron chi connectivity index (χ2n) is 9.06. The number of halogens is 3. The Kier molecular flexibility index (Phi) is 6.38. The molecule has 0 bridgehead atoms. The third-order valence-electron chi connectivity index (χ3n) is 5.84. The fourth-order valence-corrected chi connectivity index (χ4v) is 5.03. The zero-order valence-electron chi connectivity index (χ0n) is 19.1. The molecule has 1 N–H and O–H groups in total. The Balaban J connectivity index is 1.58. The largest absolute Gasteiger partial charge is 0.488 e. The SMILES string of the molecule is CC1(C)CCc2cc(S(=O)(=O)NCc3cc(C#N)cc(-c4cccc(C(F)(F)F)c4)c3)ccc2O1. The normalized spacial score (nSPS) is 15.1. The molecule has 9 heteroatoms. The van der Waals surface area contributed by atoms with E-state index in [1.54, 1.807) is 18.2 Å². The standard InChI is InChI=1S/C26H23F3N2O3S/c1-25(2)9-8-20-14-23(6-7-24(20)34-25)35(32,33)31-16-18-10-17(15-30)11-21(12-18)19-4-3-5-22(13-19)26(27,28)29/h3-7,10-14,31H,8-9,16H2,1-2H3. The molecule has 0 saturated heterocycles. The van der Waals surface area contributed by atoms with Gasteiger partial charge in [-0.15, -0.1) is 0 Å². The quantitative estimate of drug-likeness (QED) is 0.478. The van der Waals surface area contributed by atoms with Gasteiger partial charge in [-0.05, 0) is 97.5 Å². The van der Waals surface area contributed by atoms with Gasteiger partial charge in [0.05, 0.1) is 22.1 Å². The van der Waals surface area contributed by atoms with Gasteiger partial charge in [0.15, 0.2) is 0 Å². The van der Waals surface area contributed by atoms with Crippen molar-refractivity contribution in [3.63, 3.8) is 0 Å². The van der Waals surface area contributed by atoms with Crippen molar-refractivity contribution in [3.05, 3.63) is 82.9 Å². The number of benzene rings is 3. The molecule has 5 nitrogen and oxygen atoms in total. The van der Waals surface area contributed by atoms with Gasteiger partial charge in [-0.1, -0.05) is 12.1 Å². The van der Waals surface area contributed by atoms with Crippen LogP contribution in [0.5, 0.6) is 5.75 Å². The van der Waals surface area contributed by atoms with E-state index in [9.17, 15) is 26.9 Å². The summed E-state index contributed by atoms with van der Waals surface area (Å²) in [5, 5.41) is 9.39. The van der Waals surface area contributed by atoms with Gasteiger partial charge < -0.3 is 4.74 Å². The molecular weight excluding hydrogens is 477 g/mol. The van der Waals surface area contributed by atoms with E-state index < -0.39 is 21.8 Å². The van der Waals surface area contributed by atoms with Crippen LogP contribution >= 0.6 is 0 Å². The summed E-state index contributed by atoms with van der Waals surface area (Å²) < 4.78 is 73.7. The van der Waals surface area contributed by atoms with Crippen LogP contribution in [0.3, 0.4) is 0 Å². The highest BCUT2D eigenvalue weighted by Gasteiger charge is 2.30. The van der Waals surface area contributed by atoms with Crippen molar-refractivity contribution < 1.29 is 26.3 Å². The summed E-state index contributed by atoms with van der Waals surface area (Å²) in [7, 11) is -3.88. The highest BCUT2D eigenvalue weighted by molar-refractivity contribution is 7.89. The van der Waals surface area contributed by atoms with E-state index in [-0.39, 0.29) is 28.2 Å². The molecule has 1 aliphatic rings. The van der Waals surface area contributed by atoms with E-state index in [1.165, 1.54) is 30.3 Å². The van der Waals surface area contributed by atoms with E-state index in [2.05, 4.69) is 4.72 Å². The number of hydrogen-bond acceptors (Lipinski definition) is 4. The van der Waals surface area contributed by atoms with Crippen molar-refractivity contribution in [2.24, 2.45) is 0 Å². The zero-order chi connectivity index (χ0) is 25.4. The summed E-state index contributed by atoms with van der Waals surface area (Å²) in [6.45, 7) is 3.82. The lowest BCUT2D eigenvalue weighted by atomic mass is 9.94. The van der Waals surface area contributed by atoms with E-state index in [4.69, 9.17) is 4.74 Å². The Morgan fingerprint density at radius 1 is 1.06 bits per heavy atom. The molecule has 0 radical (unpaired) electrons. The van der Waals surface area contributed by atoms with Gasteiger partial charge in [0, 0.05) is 6.54 Å². The highest BCUT2D eigenvalue weighted by atomic mass is 32.2. The van der Waals surface area contributed by atoms with Gasteiger partial charge in [-0.25, -0.2) is 13.1 Å². The molecule has 0 spiro atoms. The van der Waals surface area contributed by atoms with Crippen LogP contribution in [-0.2, 0) is 29.2 Å². The molecule has 182 valence electrons. The number of aryl methyl sites for hydroxylation is 1. The van der Waals surface area contributed by atoms with Crippen molar-refractivity contribution in [2.75, 3.05) is 0 Å². The maximum atomic E-state index is 13.1. The smallest absolute Gasteiger partial charge is 0.416 e. The number of nitrogens with one attached hydrogen (secondary N) is 1. The maximum absolute atomic E-state index is 13.1. The molecule has 4 rings (SSSR count). The summed E-state index contributed by atoms with van der Waals surface area (Å²) in [4.78, 5) is 0.0918. The first-order chi connectivity index (χ1) is 16.4. The molecule has 3 aromatic rings. The molecule has 0 amide bonds. The Hall–Kier alpha value is -3.35. The second-order valence-corrected chi connectivity index (χ2v) is 10.8. The fraction of sp³-hybridized carbons (Fsp3) is 0.269. The van der Waals surface area contributed by atoms with Crippen LogP contribution in [0, 0.1) is 11.3 Å². The summed E-state index contributed by atoms with van der Waals surface area (Å²) in [5.41, 5.74) is 1.02. The highest BCUT2D eigenvalue weighted by Crippen LogP contribution is 2.35. The van der Waals surface area contributed by atoms with Crippen molar-refractivity contribution >= 4 is 10.0 Å². The van der Waals surface area contributed by atoms with Crippen LogP contribution in [0.25, 0.3) is 11.1 Å². The first-order valence-electron chi connectivity index (χ1n) is 10.9. The maximum Gasteiger partial charge on any atom is 0.416 e. The van der Waals surface area contributed by atoms with Crippen LogP contribution < -0.4 is 9.46 Å². The minimum Gasteiger partial charge on any atom is -0.488 e. The number of sulfonamides is 1. The van der Waals surface area contributed by atoms with Crippen LogP contribution in [0.4, 0.5) is 13.2 Å². The monoisotopic (exact) mass is 500 g/mol. The molecule has 0 aliphatic carbocycles. The first kappa shape index (κ1) is 24.8. The average molecular weight is 501 g/mol. The van der Waals surface area contributed by atoms with Gasteiger partial charge in [-0.2, -0.15) is 18.4 Å². The Morgan fingerprint density at radius 3 is 2.54 bits per heavy atom. The molecule has 35 heavy (non-hydrogen) atoms. The molecule has 0 aromatic heterocycles. The summed E-state index contributed by atoms with van der Waals surface area (Å²) in [6.07, 6.45) is -3.05. The fourth-order valence-electron chi connectivity index (χ4n) is 3.96. The number of alkyl halides is 3. The van der Waals surface area contributed by atoms with Crippen molar-refractivity contribution in [3.8, 4) is 22.9 Å². The van der Waals surface area contributed by atoms with Crippen LogP contribution in [0.1, 0.15) is 42.5 Å². The van der Waals surface area contributed by atoms with Crippen LogP contribution in [-0.4, -0.2) is 14.0 Å². The lowest BCUT2D eigenvalue weighted by Crippen LogP contribution is -2.32. The van der Waals surface area contributed by atoms with Crippen molar-refractivity contribution in [2.45, 2.75) is 49.9 Å². The number of nitrogens with zero attached hydrogens (tertiary/aromatic N) is 1. The molecular formula is C26H23F3N2O3S. The predicted octanol–water partition coefficient (Wildman–Crippen LogP) is 5.83. The number of nitriles is 1. The molecule has 0 unspecified atom stereocenters. The number of hydrogen-bond donors (Lipinski definition) is 1. The van der Waals surface area contributed by atoms with Gasteiger partial charge in [0.2, 0.25) is 10.0 Å². The number of rotatable bonds is 5. The topological polar surface area (TPSA) is 79.2 Å². The molecule has 1 heterocycles. The minimum atomic E-state index is -4.50.